The lowest BCUT2D eigenvalue weighted by molar-refractivity contribution is 0.696. The van der Waals surface area contributed by atoms with Gasteiger partial charge in [0.25, 0.3) is 0 Å². The van der Waals surface area contributed by atoms with Crippen LogP contribution in [0.3, 0.4) is 0 Å². The fourth-order valence-electron chi connectivity index (χ4n) is 2.57. The first-order valence-electron chi connectivity index (χ1n) is 6.66. The second-order valence-electron chi connectivity index (χ2n) is 4.81. The molecule has 0 aliphatic carbocycles. The molecule has 0 fully saturated rings. The third-order valence-corrected chi connectivity index (χ3v) is 4.10. The maximum Gasteiger partial charge on any atom is 0.0753 e. The summed E-state index contributed by atoms with van der Waals surface area (Å²) in [6.07, 6.45) is 1.81. The molecule has 0 saturated carbocycles. The number of hydrogen-bond donors (Lipinski definition) is 1. The number of halogens is 2. The molecule has 106 valence electrons. The van der Waals surface area contributed by atoms with Crippen LogP contribution in [0.2, 0.25) is 10.0 Å². The molecule has 1 aromatic heterocycles. The van der Waals surface area contributed by atoms with Crippen LogP contribution >= 0.6 is 23.2 Å². The summed E-state index contributed by atoms with van der Waals surface area (Å²) in [6, 6.07) is 15.7. The monoisotopic (exact) mass is 316 g/mol. The molecular weight excluding hydrogens is 303 g/mol. The summed E-state index contributed by atoms with van der Waals surface area (Å²) in [5.74, 6) is 0. The van der Waals surface area contributed by atoms with E-state index in [0.29, 0.717) is 10.0 Å². The first-order chi connectivity index (χ1) is 10.2. The molecular formula is C17H14Cl2N2. The summed E-state index contributed by atoms with van der Waals surface area (Å²) in [5.41, 5.74) is 3.06. The zero-order valence-corrected chi connectivity index (χ0v) is 13.0. The van der Waals surface area contributed by atoms with Gasteiger partial charge in [-0.2, -0.15) is 0 Å². The minimum Gasteiger partial charge on any atom is -0.309 e. The summed E-state index contributed by atoms with van der Waals surface area (Å²) >= 11 is 12.3. The maximum atomic E-state index is 6.36. The quantitative estimate of drug-likeness (QED) is 0.747. The highest BCUT2D eigenvalue weighted by Gasteiger charge is 2.18. The normalized spacial score (nSPS) is 12.5. The number of fused-ring (bicyclic) bond motifs is 1. The van der Waals surface area contributed by atoms with Crippen molar-refractivity contribution in [2.45, 2.75) is 6.04 Å². The molecule has 0 aliphatic heterocycles. The highest BCUT2D eigenvalue weighted by atomic mass is 35.5. The van der Waals surface area contributed by atoms with E-state index in [1.807, 2.05) is 37.5 Å². The Balaban J connectivity index is 2.18. The van der Waals surface area contributed by atoms with E-state index < -0.39 is 0 Å². The molecule has 1 N–H and O–H groups in total. The van der Waals surface area contributed by atoms with Gasteiger partial charge in [0, 0.05) is 21.6 Å². The van der Waals surface area contributed by atoms with Gasteiger partial charge in [-0.1, -0.05) is 53.5 Å². The van der Waals surface area contributed by atoms with Crippen LogP contribution in [0, 0.1) is 0 Å². The minimum atomic E-state index is -0.0339. The molecule has 4 heteroatoms. The van der Waals surface area contributed by atoms with Gasteiger partial charge in [0.2, 0.25) is 0 Å². The lowest BCUT2D eigenvalue weighted by atomic mass is 9.96. The van der Waals surface area contributed by atoms with Crippen LogP contribution in [0.1, 0.15) is 17.2 Å². The standard InChI is InChI=1S/C17H14Cl2N2/c1-20-17(13-8-7-12(18)10-15(13)19)14-6-2-4-11-5-3-9-21-16(11)14/h2-10,17,20H,1H3. The first-order valence-corrected chi connectivity index (χ1v) is 7.42. The molecule has 0 amide bonds. The molecule has 0 radical (unpaired) electrons. The molecule has 1 atom stereocenters. The van der Waals surface area contributed by atoms with Crippen molar-refractivity contribution in [2.75, 3.05) is 7.05 Å². The van der Waals surface area contributed by atoms with Crippen molar-refractivity contribution in [2.24, 2.45) is 0 Å². The Labute approximate surface area is 133 Å². The average Bonchev–Trinajstić information content (AvgIpc) is 2.50. The van der Waals surface area contributed by atoms with Crippen molar-refractivity contribution in [1.82, 2.24) is 10.3 Å². The third kappa shape index (κ3) is 2.75. The largest absolute Gasteiger partial charge is 0.309 e. The number of benzene rings is 2. The van der Waals surface area contributed by atoms with Crippen LogP contribution in [-0.4, -0.2) is 12.0 Å². The summed E-state index contributed by atoms with van der Waals surface area (Å²) in [5, 5.41) is 5.71. The fourth-order valence-corrected chi connectivity index (χ4v) is 3.09. The van der Waals surface area contributed by atoms with Crippen LogP contribution in [0.5, 0.6) is 0 Å². The van der Waals surface area contributed by atoms with E-state index in [-0.39, 0.29) is 6.04 Å². The fraction of sp³-hybridized carbons (Fsp3) is 0.118. The number of para-hydroxylation sites is 1. The van der Waals surface area contributed by atoms with Gasteiger partial charge in [-0.15, -0.1) is 0 Å². The highest BCUT2D eigenvalue weighted by molar-refractivity contribution is 6.35. The Kier molecular flexibility index (Phi) is 4.11. The van der Waals surface area contributed by atoms with Crippen molar-refractivity contribution in [3.8, 4) is 0 Å². The Bertz CT molecular complexity index is 781. The van der Waals surface area contributed by atoms with Crippen molar-refractivity contribution in [3.05, 3.63) is 75.9 Å². The number of pyridine rings is 1. The van der Waals surface area contributed by atoms with Crippen LogP contribution in [0.4, 0.5) is 0 Å². The molecule has 2 nitrogen and oxygen atoms in total. The predicted octanol–water partition coefficient (Wildman–Crippen LogP) is 4.85. The molecule has 0 spiro atoms. The first kappa shape index (κ1) is 14.3. The van der Waals surface area contributed by atoms with Crippen molar-refractivity contribution >= 4 is 34.1 Å². The van der Waals surface area contributed by atoms with E-state index >= 15 is 0 Å². The summed E-state index contributed by atoms with van der Waals surface area (Å²) in [4.78, 5) is 4.51. The Hall–Kier alpha value is -1.61. The van der Waals surface area contributed by atoms with Gasteiger partial charge in [0.15, 0.2) is 0 Å². The third-order valence-electron chi connectivity index (χ3n) is 3.54. The maximum absolute atomic E-state index is 6.36. The lowest BCUT2D eigenvalue weighted by Gasteiger charge is -2.20. The smallest absolute Gasteiger partial charge is 0.0753 e. The van der Waals surface area contributed by atoms with Crippen molar-refractivity contribution < 1.29 is 0 Å². The van der Waals surface area contributed by atoms with Crippen molar-refractivity contribution in [1.29, 1.82) is 0 Å². The average molecular weight is 317 g/mol. The zero-order chi connectivity index (χ0) is 14.8. The van der Waals surface area contributed by atoms with Gasteiger partial charge in [0.05, 0.1) is 11.6 Å². The predicted molar refractivity (Wildman–Crippen MR) is 89.1 cm³/mol. The van der Waals surface area contributed by atoms with E-state index in [1.54, 1.807) is 6.07 Å². The van der Waals surface area contributed by atoms with E-state index in [9.17, 15) is 0 Å². The molecule has 3 aromatic rings. The molecule has 0 aliphatic rings. The SMILES string of the molecule is CNC(c1ccc(Cl)cc1Cl)c1cccc2cccnc12. The van der Waals surface area contributed by atoms with Gasteiger partial charge in [-0.05, 0) is 36.4 Å². The van der Waals surface area contributed by atoms with Gasteiger partial charge in [0.1, 0.15) is 0 Å². The van der Waals surface area contributed by atoms with Gasteiger partial charge in [-0.3, -0.25) is 4.98 Å². The summed E-state index contributed by atoms with van der Waals surface area (Å²) < 4.78 is 0. The van der Waals surface area contributed by atoms with E-state index in [2.05, 4.69) is 28.5 Å². The van der Waals surface area contributed by atoms with Crippen LogP contribution in [0.25, 0.3) is 10.9 Å². The molecule has 1 heterocycles. The molecule has 1 unspecified atom stereocenters. The second-order valence-corrected chi connectivity index (χ2v) is 5.65. The summed E-state index contributed by atoms with van der Waals surface area (Å²) in [7, 11) is 1.91. The Morgan fingerprint density at radius 1 is 1.00 bits per heavy atom. The van der Waals surface area contributed by atoms with Gasteiger partial charge < -0.3 is 5.32 Å². The van der Waals surface area contributed by atoms with Crippen LogP contribution < -0.4 is 5.32 Å². The van der Waals surface area contributed by atoms with Gasteiger partial charge >= 0.3 is 0 Å². The number of rotatable bonds is 3. The second kappa shape index (κ2) is 6.02. The van der Waals surface area contributed by atoms with E-state index in [4.69, 9.17) is 23.2 Å². The lowest BCUT2D eigenvalue weighted by Crippen LogP contribution is -2.18. The van der Waals surface area contributed by atoms with Crippen molar-refractivity contribution in [3.63, 3.8) is 0 Å². The number of hydrogen-bond acceptors (Lipinski definition) is 2. The zero-order valence-electron chi connectivity index (χ0n) is 11.5. The molecule has 2 aromatic carbocycles. The molecule has 21 heavy (non-hydrogen) atoms. The topological polar surface area (TPSA) is 24.9 Å². The highest BCUT2D eigenvalue weighted by Crippen LogP contribution is 2.32. The minimum absolute atomic E-state index is 0.0339. The van der Waals surface area contributed by atoms with Gasteiger partial charge in [-0.25, -0.2) is 0 Å². The number of aromatic nitrogens is 1. The Morgan fingerprint density at radius 3 is 2.57 bits per heavy atom. The van der Waals surface area contributed by atoms with Crippen LogP contribution in [0.15, 0.2) is 54.7 Å². The molecule has 3 rings (SSSR count). The van der Waals surface area contributed by atoms with E-state index in [1.165, 1.54) is 0 Å². The molecule has 0 saturated heterocycles. The molecule has 0 bridgehead atoms. The summed E-state index contributed by atoms with van der Waals surface area (Å²) in [6.45, 7) is 0. The van der Waals surface area contributed by atoms with E-state index in [0.717, 1.165) is 22.0 Å². The number of nitrogens with one attached hydrogen (secondary N) is 1. The van der Waals surface area contributed by atoms with Crippen LogP contribution in [-0.2, 0) is 0 Å². The Morgan fingerprint density at radius 2 is 1.81 bits per heavy atom. The number of nitrogens with zero attached hydrogens (tertiary/aromatic N) is 1.